The summed E-state index contributed by atoms with van der Waals surface area (Å²) in [5.41, 5.74) is 2.19. The minimum Gasteiger partial charge on any atom is -0.495 e. The highest BCUT2D eigenvalue weighted by Crippen LogP contribution is 2.28. The normalized spacial score (nSPS) is 15.0. The van der Waals surface area contributed by atoms with Gasteiger partial charge in [-0.2, -0.15) is 0 Å². The molecule has 1 N–H and O–H groups in total. The molecule has 1 saturated heterocycles. The van der Waals surface area contributed by atoms with Crippen LogP contribution in [0.15, 0.2) is 34.6 Å². The van der Waals surface area contributed by atoms with E-state index in [1.165, 1.54) is 0 Å². The van der Waals surface area contributed by atoms with Crippen LogP contribution in [-0.4, -0.2) is 70.3 Å². The first-order chi connectivity index (χ1) is 13.1. The molecule has 2 aromatic rings. The Morgan fingerprint density at radius 3 is 2.63 bits per heavy atom. The number of piperazine rings is 1. The van der Waals surface area contributed by atoms with Gasteiger partial charge in [0.05, 0.1) is 25.0 Å². The summed E-state index contributed by atoms with van der Waals surface area (Å²) in [6, 6.07) is 8.19. The van der Waals surface area contributed by atoms with Crippen LogP contribution in [0.3, 0.4) is 0 Å². The number of methoxy groups -OCH3 is 1. The lowest BCUT2D eigenvalue weighted by atomic mass is 10.2. The van der Waals surface area contributed by atoms with Crippen molar-refractivity contribution in [2.45, 2.75) is 6.54 Å². The summed E-state index contributed by atoms with van der Waals surface area (Å²) >= 11 is 1.66. The summed E-state index contributed by atoms with van der Waals surface area (Å²) in [5, 5.41) is 6.56. The highest BCUT2D eigenvalue weighted by Gasteiger charge is 2.21. The molecule has 0 radical (unpaired) electrons. The molecule has 1 aliphatic rings. The zero-order valence-electron chi connectivity index (χ0n) is 16.5. The largest absolute Gasteiger partial charge is 0.495 e. The van der Waals surface area contributed by atoms with Gasteiger partial charge in [0.25, 0.3) is 0 Å². The van der Waals surface area contributed by atoms with Crippen LogP contribution >= 0.6 is 11.3 Å². The van der Waals surface area contributed by atoms with Gasteiger partial charge in [0, 0.05) is 52.7 Å². The summed E-state index contributed by atoms with van der Waals surface area (Å²) in [7, 11) is 7.58. The topological polar surface area (TPSA) is 56.2 Å². The zero-order valence-corrected chi connectivity index (χ0v) is 17.3. The number of anilines is 2. The first-order valence-corrected chi connectivity index (χ1v) is 9.95. The number of guanidine groups is 1. The van der Waals surface area contributed by atoms with E-state index in [4.69, 9.17) is 4.74 Å². The Hall–Kier alpha value is -2.48. The van der Waals surface area contributed by atoms with Gasteiger partial charge >= 0.3 is 0 Å². The summed E-state index contributed by atoms with van der Waals surface area (Å²) in [6.45, 7) is 4.38. The molecule has 3 rings (SSSR count). The standard InChI is InChI=1S/C19H28N6OS/c1-20-18(21-13-15-14-27-19(22-15)23(2)3)25-11-9-24(10-12-25)16-7-5-6-8-17(16)26-4/h5-8,14H,9-13H2,1-4H3,(H,20,21). The van der Waals surface area contributed by atoms with Crippen LogP contribution in [0.4, 0.5) is 10.8 Å². The number of rotatable bonds is 5. The fraction of sp³-hybridized carbons (Fsp3) is 0.474. The Bertz CT molecular complexity index is 767. The number of aliphatic imine (C=N–C) groups is 1. The molecule has 8 heteroatoms. The Kier molecular flexibility index (Phi) is 6.39. The smallest absolute Gasteiger partial charge is 0.194 e. The SMILES string of the molecule is CN=C(NCc1csc(N(C)C)n1)N1CCN(c2ccccc2OC)CC1. The number of ether oxygens (including phenoxy) is 1. The summed E-state index contributed by atoms with van der Waals surface area (Å²) in [5.74, 6) is 1.85. The number of aromatic nitrogens is 1. The summed E-state index contributed by atoms with van der Waals surface area (Å²) in [6.07, 6.45) is 0. The fourth-order valence-electron chi connectivity index (χ4n) is 3.13. The Morgan fingerprint density at radius 1 is 1.26 bits per heavy atom. The number of thiazole rings is 1. The van der Waals surface area contributed by atoms with E-state index < -0.39 is 0 Å². The number of nitrogens with zero attached hydrogens (tertiary/aromatic N) is 5. The molecular formula is C19H28N6OS. The maximum absolute atomic E-state index is 5.50. The lowest BCUT2D eigenvalue weighted by Gasteiger charge is -2.38. The number of para-hydroxylation sites is 2. The van der Waals surface area contributed by atoms with Crippen LogP contribution in [0.5, 0.6) is 5.75 Å². The minimum atomic E-state index is 0.684. The van der Waals surface area contributed by atoms with Gasteiger partial charge in [0.15, 0.2) is 11.1 Å². The van der Waals surface area contributed by atoms with Crippen LogP contribution in [0.1, 0.15) is 5.69 Å². The second-order valence-electron chi connectivity index (χ2n) is 6.56. The first-order valence-electron chi connectivity index (χ1n) is 9.07. The molecule has 0 bridgehead atoms. The average Bonchev–Trinajstić information content (AvgIpc) is 3.18. The third-order valence-corrected chi connectivity index (χ3v) is 5.62. The molecule has 146 valence electrons. The summed E-state index contributed by atoms with van der Waals surface area (Å²) < 4.78 is 5.50. The zero-order chi connectivity index (χ0) is 19.2. The van der Waals surface area contributed by atoms with E-state index in [0.717, 1.165) is 54.4 Å². The summed E-state index contributed by atoms with van der Waals surface area (Å²) in [4.78, 5) is 15.8. The van der Waals surface area contributed by atoms with Crippen molar-refractivity contribution in [2.24, 2.45) is 4.99 Å². The van der Waals surface area contributed by atoms with Crippen molar-refractivity contribution in [1.82, 2.24) is 15.2 Å². The number of nitrogens with one attached hydrogen (secondary N) is 1. The van der Waals surface area contributed by atoms with Crippen molar-refractivity contribution < 1.29 is 4.74 Å². The van der Waals surface area contributed by atoms with Crippen molar-refractivity contribution in [3.05, 3.63) is 35.3 Å². The van der Waals surface area contributed by atoms with Crippen molar-refractivity contribution >= 4 is 28.1 Å². The number of hydrogen-bond acceptors (Lipinski definition) is 6. The van der Waals surface area contributed by atoms with E-state index in [1.54, 1.807) is 18.4 Å². The molecule has 1 aromatic heterocycles. The molecule has 0 aliphatic carbocycles. The van der Waals surface area contributed by atoms with Crippen molar-refractivity contribution in [3.63, 3.8) is 0 Å². The van der Waals surface area contributed by atoms with E-state index in [-0.39, 0.29) is 0 Å². The highest BCUT2D eigenvalue weighted by atomic mass is 32.1. The molecule has 0 spiro atoms. The predicted molar refractivity (Wildman–Crippen MR) is 113 cm³/mol. The van der Waals surface area contributed by atoms with Crippen molar-refractivity contribution in [1.29, 1.82) is 0 Å². The second-order valence-corrected chi connectivity index (χ2v) is 7.40. The quantitative estimate of drug-likeness (QED) is 0.625. The van der Waals surface area contributed by atoms with Crippen molar-refractivity contribution in [3.8, 4) is 5.75 Å². The maximum Gasteiger partial charge on any atom is 0.194 e. The van der Waals surface area contributed by atoms with E-state index in [1.807, 2.05) is 38.2 Å². The van der Waals surface area contributed by atoms with E-state index >= 15 is 0 Å². The van der Waals surface area contributed by atoms with Gasteiger partial charge in [-0.1, -0.05) is 12.1 Å². The number of hydrogen-bond donors (Lipinski definition) is 1. The van der Waals surface area contributed by atoms with Gasteiger partial charge in [-0.25, -0.2) is 4.98 Å². The van der Waals surface area contributed by atoms with E-state index in [9.17, 15) is 0 Å². The molecule has 0 unspecified atom stereocenters. The van der Waals surface area contributed by atoms with Crippen molar-refractivity contribution in [2.75, 3.05) is 64.2 Å². The Labute approximate surface area is 165 Å². The Balaban J connectivity index is 1.55. The second kappa shape index (κ2) is 8.94. The minimum absolute atomic E-state index is 0.684. The molecule has 1 aliphatic heterocycles. The molecule has 27 heavy (non-hydrogen) atoms. The van der Waals surface area contributed by atoms with Crippen LogP contribution in [0, 0.1) is 0 Å². The molecule has 1 aromatic carbocycles. The molecule has 7 nitrogen and oxygen atoms in total. The highest BCUT2D eigenvalue weighted by molar-refractivity contribution is 7.13. The number of benzene rings is 1. The fourth-order valence-corrected chi connectivity index (χ4v) is 3.89. The van der Waals surface area contributed by atoms with E-state index in [2.05, 4.69) is 42.6 Å². The maximum atomic E-state index is 5.50. The van der Waals surface area contributed by atoms with Crippen LogP contribution < -0.4 is 19.9 Å². The molecule has 1 fully saturated rings. The average molecular weight is 389 g/mol. The lowest BCUT2D eigenvalue weighted by molar-refractivity contribution is 0.367. The van der Waals surface area contributed by atoms with Crippen LogP contribution in [0.25, 0.3) is 0 Å². The molecule has 0 saturated carbocycles. The van der Waals surface area contributed by atoms with Crippen LogP contribution in [0.2, 0.25) is 0 Å². The monoisotopic (exact) mass is 388 g/mol. The molecule has 2 heterocycles. The van der Waals surface area contributed by atoms with Gasteiger partial charge in [-0.3, -0.25) is 4.99 Å². The van der Waals surface area contributed by atoms with E-state index in [0.29, 0.717) is 6.54 Å². The first kappa shape index (κ1) is 19.3. The predicted octanol–water partition coefficient (Wildman–Crippen LogP) is 2.12. The van der Waals surface area contributed by atoms with Gasteiger partial charge in [-0.15, -0.1) is 11.3 Å². The molecule has 0 atom stereocenters. The van der Waals surface area contributed by atoms with Gasteiger partial charge in [0.1, 0.15) is 5.75 Å². The van der Waals surface area contributed by atoms with Gasteiger partial charge in [-0.05, 0) is 12.1 Å². The van der Waals surface area contributed by atoms with Crippen LogP contribution in [-0.2, 0) is 6.54 Å². The Morgan fingerprint density at radius 2 is 2.00 bits per heavy atom. The molecular weight excluding hydrogens is 360 g/mol. The molecule has 0 amide bonds. The third kappa shape index (κ3) is 4.63. The van der Waals surface area contributed by atoms with Gasteiger partial charge in [0.2, 0.25) is 0 Å². The lowest BCUT2D eigenvalue weighted by Crippen LogP contribution is -2.52. The third-order valence-electron chi connectivity index (χ3n) is 4.57. The van der Waals surface area contributed by atoms with Gasteiger partial charge < -0.3 is 24.8 Å².